The summed E-state index contributed by atoms with van der Waals surface area (Å²) in [6, 6.07) is 3.92. The molecule has 4 heterocycles. The van der Waals surface area contributed by atoms with Crippen molar-refractivity contribution < 1.29 is 28.5 Å². The first-order valence-electron chi connectivity index (χ1n) is 18.8. The maximum atomic E-state index is 14.0. The zero-order chi connectivity index (χ0) is 38.6. The van der Waals surface area contributed by atoms with Gasteiger partial charge in [-0.25, -0.2) is 24.9 Å². The number of nitrogens with one attached hydrogen (secondary N) is 1. The summed E-state index contributed by atoms with van der Waals surface area (Å²) < 4.78 is 25.6. The summed E-state index contributed by atoms with van der Waals surface area (Å²) in [6.07, 6.45) is 4.62. The van der Waals surface area contributed by atoms with Gasteiger partial charge in [-0.05, 0) is 73.4 Å². The second-order valence-electron chi connectivity index (χ2n) is 18.6. The highest BCUT2D eigenvalue weighted by molar-refractivity contribution is 6.76. The fourth-order valence-corrected chi connectivity index (χ4v) is 7.41. The number of likely N-dealkylation sites (tertiary alicyclic amines) is 1. The van der Waals surface area contributed by atoms with Crippen molar-refractivity contribution in [2.24, 2.45) is 0 Å². The van der Waals surface area contributed by atoms with E-state index in [0.717, 1.165) is 48.4 Å². The maximum absolute atomic E-state index is 14.0. The van der Waals surface area contributed by atoms with Crippen molar-refractivity contribution in [1.29, 1.82) is 0 Å². The lowest BCUT2D eigenvalue weighted by Gasteiger charge is -2.34. The number of hydrogen-bond donors (Lipinski definition) is 1. The quantitative estimate of drug-likeness (QED) is 0.123. The van der Waals surface area contributed by atoms with Crippen LogP contribution in [0.4, 0.5) is 15.4 Å². The molecule has 0 bridgehead atoms. The molecule has 2 aliphatic rings. The minimum Gasteiger partial charge on any atom is -0.444 e. The molecule has 0 saturated carbocycles. The number of nitrogens with zero attached hydrogens (tertiary/aromatic N) is 6. The number of carbonyl (C=O) groups is 2. The second kappa shape index (κ2) is 16.6. The van der Waals surface area contributed by atoms with E-state index < -0.39 is 33.4 Å². The van der Waals surface area contributed by atoms with Crippen molar-refractivity contribution in [2.75, 3.05) is 44.7 Å². The summed E-state index contributed by atoms with van der Waals surface area (Å²) in [5.41, 5.74) is 5.39. The molecule has 2 unspecified atom stereocenters. The summed E-state index contributed by atoms with van der Waals surface area (Å²) >= 11 is 0. The van der Waals surface area contributed by atoms with Gasteiger partial charge in [0, 0.05) is 71.8 Å². The minimum atomic E-state index is -1.38. The Morgan fingerprint density at radius 2 is 1.60 bits per heavy atom. The summed E-state index contributed by atoms with van der Waals surface area (Å²) in [5, 5.41) is 6.79. The molecule has 15 heteroatoms. The molecule has 0 aromatic carbocycles. The minimum absolute atomic E-state index is 0.00889. The normalized spacial score (nSPS) is 18.9. The van der Waals surface area contributed by atoms with Gasteiger partial charge in [-0.3, -0.25) is 5.01 Å². The van der Waals surface area contributed by atoms with E-state index in [1.54, 1.807) is 9.42 Å². The molecule has 292 valence electrons. The van der Waals surface area contributed by atoms with Gasteiger partial charge < -0.3 is 23.8 Å². The Morgan fingerprint density at radius 1 is 0.962 bits per heavy atom. The highest BCUT2D eigenvalue weighted by Gasteiger charge is 2.33. The number of hydrazine groups is 1. The van der Waals surface area contributed by atoms with Gasteiger partial charge in [-0.2, -0.15) is 9.61 Å². The van der Waals surface area contributed by atoms with E-state index in [1.807, 2.05) is 58.8 Å². The predicted octanol–water partition coefficient (Wildman–Crippen LogP) is 7.76. The fourth-order valence-electron chi connectivity index (χ4n) is 5.90. The molecule has 13 nitrogen and oxygen atoms in total. The Kier molecular flexibility index (Phi) is 13.3. The van der Waals surface area contributed by atoms with E-state index in [2.05, 4.69) is 57.8 Å². The molecule has 2 atom stereocenters. The van der Waals surface area contributed by atoms with Gasteiger partial charge >= 0.3 is 12.2 Å². The number of aromatic nitrogens is 3. The number of hydrogen-bond acceptors (Lipinski definition) is 10. The molecule has 2 aromatic rings. The molecule has 52 heavy (non-hydrogen) atoms. The molecule has 2 aliphatic heterocycles. The van der Waals surface area contributed by atoms with Crippen LogP contribution in [0.5, 0.6) is 0 Å². The third-order valence-electron chi connectivity index (χ3n) is 8.73. The number of piperidine rings is 1. The zero-order valence-electron chi connectivity index (χ0n) is 34.1. The van der Waals surface area contributed by atoms with Crippen molar-refractivity contribution in [3.05, 3.63) is 29.7 Å². The zero-order valence-corrected chi connectivity index (χ0v) is 36.1. The first-order chi connectivity index (χ1) is 24.0. The second-order valence-corrected chi connectivity index (χ2v) is 29.9. The Bertz CT molecular complexity index is 1570. The van der Waals surface area contributed by atoms with E-state index in [9.17, 15) is 9.59 Å². The molecule has 4 rings (SSSR count). The molecule has 2 amide bonds. The van der Waals surface area contributed by atoms with Crippen LogP contribution in [0.3, 0.4) is 0 Å². The lowest BCUT2D eigenvalue weighted by atomic mass is 9.94. The standard InChI is InChI=1S/C37H65N7O6Si2/c1-27-30(24-42(40-27)25-47-17-19-51(8,9)10)29-22-38-44-32(43(35(46)50-37(5,6)7)26-48-18-20-52(11,12)13)21-31(39-33(29)44)28-15-14-16-41(23-28)34(45)49-36(2,3)4/h21-22,24,27-28,40H,14-20,23,25-26H2,1-13H3. The summed E-state index contributed by atoms with van der Waals surface area (Å²) in [5.74, 6) is 0.402. The number of amides is 2. The van der Waals surface area contributed by atoms with E-state index in [4.69, 9.17) is 29.0 Å². The molecular formula is C37H65N7O6Si2. The SMILES string of the molecule is CC1NN(COCC[Si](C)(C)C)C=C1c1cnn2c(N(COCC[Si](C)(C)C)C(=O)OC(C)(C)C)cc(C3CCCN(C(=O)OC(C)(C)C)C3)nc12. The first kappa shape index (κ1) is 41.8. The monoisotopic (exact) mass is 759 g/mol. The highest BCUT2D eigenvalue weighted by atomic mass is 28.3. The van der Waals surface area contributed by atoms with Crippen LogP contribution in [0.1, 0.15) is 78.5 Å². The molecule has 0 aliphatic carbocycles. The number of anilines is 1. The lowest BCUT2D eigenvalue weighted by molar-refractivity contribution is 0.0197. The first-order valence-corrected chi connectivity index (χ1v) is 26.2. The predicted molar refractivity (Wildman–Crippen MR) is 212 cm³/mol. The van der Waals surface area contributed by atoms with Gasteiger partial charge in [0.05, 0.1) is 17.9 Å². The van der Waals surface area contributed by atoms with Crippen LogP contribution in [-0.2, 0) is 18.9 Å². The van der Waals surface area contributed by atoms with Crippen LogP contribution in [0.15, 0.2) is 18.5 Å². The van der Waals surface area contributed by atoms with Gasteiger partial charge in [0.15, 0.2) is 5.65 Å². The van der Waals surface area contributed by atoms with Gasteiger partial charge in [-0.15, -0.1) is 0 Å². The van der Waals surface area contributed by atoms with Crippen LogP contribution in [0, 0.1) is 0 Å². The lowest BCUT2D eigenvalue weighted by Crippen LogP contribution is -2.42. The van der Waals surface area contributed by atoms with Crippen molar-refractivity contribution in [3.8, 4) is 0 Å². The van der Waals surface area contributed by atoms with E-state index in [-0.39, 0.29) is 24.8 Å². The number of ether oxygens (including phenoxy) is 4. The Labute approximate surface area is 313 Å². The number of rotatable bonds is 13. The average molecular weight is 760 g/mol. The fraction of sp³-hybridized carbons (Fsp3) is 0.730. The summed E-state index contributed by atoms with van der Waals surface area (Å²) in [7, 11) is -2.58. The largest absolute Gasteiger partial charge is 0.444 e. The third kappa shape index (κ3) is 12.3. The summed E-state index contributed by atoms with van der Waals surface area (Å²) in [6.45, 7) is 29.9. The van der Waals surface area contributed by atoms with E-state index in [1.165, 1.54) is 4.90 Å². The molecule has 1 N–H and O–H groups in total. The number of fused-ring (bicyclic) bond motifs is 1. The summed E-state index contributed by atoms with van der Waals surface area (Å²) in [4.78, 5) is 35.6. The molecule has 1 saturated heterocycles. The molecule has 0 radical (unpaired) electrons. The van der Waals surface area contributed by atoms with Gasteiger partial charge in [-0.1, -0.05) is 39.3 Å². The molecular weight excluding hydrogens is 695 g/mol. The Balaban J connectivity index is 1.76. The van der Waals surface area contributed by atoms with Crippen molar-refractivity contribution in [2.45, 2.75) is 136 Å². The Hall–Kier alpha value is -2.99. The third-order valence-corrected chi connectivity index (χ3v) is 12.1. The highest BCUT2D eigenvalue weighted by Crippen LogP contribution is 2.34. The van der Waals surface area contributed by atoms with Gasteiger partial charge in [0.2, 0.25) is 0 Å². The van der Waals surface area contributed by atoms with Crippen molar-refractivity contribution >= 4 is 45.4 Å². The topological polar surface area (TPSA) is 123 Å². The molecule has 0 spiro atoms. The van der Waals surface area contributed by atoms with Crippen LogP contribution in [0.2, 0.25) is 51.4 Å². The van der Waals surface area contributed by atoms with E-state index in [0.29, 0.717) is 37.9 Å². The van der Waals surface area contributed by atoms with Gasteiger partial charge in [0.25, 0.3) is 0 Å². The van der Waals surface area contributed by atoms with Crippen LogP contribution < -0.4 is 10.3 Å². The van der Waals surface area contributed by atoms with Crippen LogP contribution >= 0.6 is 0 Å². The number of carbonyl (C=O) groups excluding carboxylic acids is 2. The van der Waals surface area contributed by atoms with Crippen LogP contribution in [-0.4, -0.2) is 110 Å². The Morgan fingerprint density at radius 3 is 2.21 bits per heavy atom. The smallest absolute Gasteiger partial charge is 0.417 e. The maximum Gasteiger partial charge on any atom is 0.417 e. The molecule has 1 fully saturated rings. The average Bonchev–Trinajstić information content (AvgIpc) is 3.59. The van der Waals surface area contributed by atoms with E-state index >= 15 is 0 Å². The van der Waals surface area contributed by atoms with Gasteiger partial charge in [0.1, 0.15) is 30.5 Å². The van der Waals surface area contributed by atoms with Crippen molar-refractivity contribution in [3.63, 3.8) is 0 Å². The van der Waals surface area contributed by atoms with Crippen molar-refractivity contribution in [1.82, 2.24) is 29.9 Å². The van der Waals surface area contributed by atoms with Crippen LogP contribution in [0.25, 0.3) is 11.2 Å². The molecule has 2 aromatic heterocycles.